The van der Waals surface area contributed by atoms with Gasteiger partial charge in [-0.05, 0) is 35.7 Å². The van der Waals surface area contributed by atoms with Crippen LogP contribution in [0.4, 0.5) is 0 Å². The summed E-state index contributed by atoms with van der Waals surface area (Å²) >= 11 is 3.32. The highest BCUT2D eigenvalue weighted by Crippen LogP contribution is 2.31. The van der Waals surface area contributed by atoms with E-state index >= 15 is 0 Å². The average Bonchev–Trinajstić information content (AvgIpc) is 2.71. The Labute approximate surface area is 95.6 Å². The second-order valence-corrected chi connectivity index (χ2v) is 5.19. The molecule has 0 aliphatic rings. The van der Waals surface area contributed by atoms with E-state index in [1.54, 1.807) is 35.2 Å². The Morgan fingerprint density at radius 2 is 1.93 bits per heavy atom. The third kappa shape index (κ3) is 2.61. The molecule has 4 heteroatoms. The molecular formula is C11H8O2S2. The first kappa shape index (κ1) is 10.3. The van der Waals surface area contributed by atoms with Gasteiger partial charge in [0.05, 0.1) is 9.77 Å². The van der Waals surface area contributed by atoms with Crippen LogP contribution in [0.25, 0.3) is 0 Å². The van der Waals surface area contributed by atoms with Crippen LogP contribution in [0.5, 0.6) is 0 Å². The molecule has 0 fully saturated rings. The van der Waals surface area contributed by atoms with Gasteiger partial charge in [-0.25, -0.2) is 4.79 Å². The highest BCUT2D eigenvalue weighted by Gasteiger charge is 2.02. The van der Waals surface area contributed by atoms with E-state index in [9.17, 15) is 4.79 Å². The maximum Gasteiger partial charge on any atom is 0.335 e. The van der Waals surface area contributed by atoms with Gasteiger partial charge in [-0.3, -0.25) is 0 Å². The predicted octanol–water partition coefficient (Wildman–Crippen LogP) is 3.60. The highest BCUT2D eigenvalue weighted by molar-refractivity contribution is 8.01. The van der Waals surface area contributed by atoms with E-state index in [1.165, 1.54) is 4.21 Å². The molecule has 0 unspecified atom stereocenters. The van der Waals surface area contributed by atoms with Gasteiger partial charge in [0.1, 0.15) is 0 Å². The zero-order valence-corrected chi connectivity index (χ0v) is 9.35. The van der Waals surface area contributed by atoms with Gasteiger partial charge in [-0.2, -0.15) is 0 Å². The summed E-state index contributed by atoms with van der Waals surface area (Å²) in [6.45, 7) is 0. The minimum Gasteiger partial charge on any atom is -0.478 e. The molecule has 76 valence electrons. The van der Waals surface area contributed by atoms with Crippen molar-refractivity contribution in [3.05, 3.63) is 47.3 Å². The lowest BCUT2D eigenvalue weighted by atomic mass is 10.2. The standard InChI is InChI=1S/C11H8O2S2/c12-11(13)8-3-5-9(6-4-8)15-10-2-1-7-14-10/h1-7H,(H,12,13). The van der Waals surface area contributed by atoms with E-state index < -0.39 is 5.97 Å². The summed E-state index contributed by atoms with van der Waals surface area (Å²) in [5.74, 6) is -0.886. The fraction of sp³-hybridized carbons (Fsp3) is 0. The van der Waals surface area contributed by atoms with E-state index in [4.69, 9.17) is 5.11 Å². The van der Waals surface area contributed by atoms with Gasteiger partial charge in [-0.15, -0.1) is 11.3 Å². The molecule has 0 amide bonds. The minimum atomic E-state index is -0.886. The van der Waals surface area contributed by atoms with Crippen LogP contribution in [0.1, 0.15) is 10.4 Å². The van der Waals surface area contributed by atoms with Crippen LogP contribution < -0.4 is 0 Å². The molecule has 0 aliphatic heterocycles. The molecule has 0 saturated heterocycles. The van der Waals surface area contributed by atoms with Gasteiger partial charge in [0.25, 0.3) is 0 Å². The zero-order chi connectivity index (χ0) is 10.7. The lowest BCUT2D eigenvalue weighted by molar-refractivity contribution is 0.0697. The Bertz CT molecular complexity index is 446. The summed E-state index contributed by atoms with van der Waals surface area (Å²) in [5.41, 5.74) is 0.325. The van der Waals surface area contributed by atoms with Gasteiger partial charge in [0.2, 0.25) is 0 Å². The van der Waals surface area contributed by atoms with Crippen molar-refractivity contribution in [3.8, 4) is 0 Å². The van der Waals surface area contributed by atoms with Gasteiger partial charge in [0, 0.05) is 4.90 Å². The number of rotatable bonds is 3. The third-order valence-electron chi connectivity index (χ3n) is 1.81. The van der Waals surface area contributed by atoms with Crippen molar-refractivity contribution in [1.82, 2.24) is 0 Å². The summed E-state index contributed by atoms with van der Waals surface area (Å²) in [6.07, 6.45) is 0. The van der Waals surface area contributed by atoms with Crippen LogP contribution in [0.3, 0.4) is 0 Å². The monoisotopic (exact) mass is 236 g/mol. The lowest BCUT2D eigenvalue weighted by Gasteiger charge is -1.98. The van der Waals surface area contributed by atoms with E-state index in [0.717, 1.165) is 4.90 Å². The third-order valence-corrected chi connectivity index (χ3v) is 3.86. The Hall–Kier alpha value is -1.26. The van der Waals surface area contributed by atoms with Gasteiger partial charge < -0.3 is 5.11 Å². The first-order valence-electron chi connectivity index (χ1n) is 4.30. The fourth-order valence-electron chi connectivity index (χ4n) is 1.10. The SMILES string of the molecule is O=C(O)c1ccc(Sc2cccs2)cc1. The molecule has 0 atom stereocenters. The van der Waals surface area contributed by atoms with E-state index in [-0.39, 0.29) is 0 Å². The molecule has 1 aromatic heterocycles. The van der Waals surface area contributed by atoms with Gasteiger partial charge in [0.15, 0.2) is 0 Å². The highest BCUT2D eigenvalue weighted by atomic mass is 32.2. The van der Waals surface area contributed by atoms with Crippen LogP contribution in [-0.2, 0) is 0 Å². The Morgan fingerprint density at radius 3 is 2.47 bits per heavy atom. The van der Waals surface area contributed by atoms with Crippen molar-refractivity contribution >= 4 is 29.1 Å². The summed E-state index contributed by atoms with van der Waals surface area (Å²) in [4.78, 5) is 11.7. The van der Waals surface area contributed by atoms with Crippen molar-refractivity contribution in [2.45, 2.75) is 9.10 Å². The molecule has 0 spiro atoms. The molecule has 1 N–H and O–H groups in total. The first-order valence-corrected chi connectivity index (χ1v) is 6.00. The summed E-state index contributed by atoms with van der Waals surface area (Å²) < 4.78 is 1.21. The van der Waals surface area contributed by atoms with Crippen LogP contribution in [-0.4, -0.2) is 11.1 Å². The van der Waals surface area contributed by atoms with E-state index in [0.29, 0.717) is 5.56 Å². The molecule has 0 aliphatic carbocycles. The van der Waals surface area contributed by atoms with Gasteiger partial charge in [-0.1, -0.05) is 17.8 Å². The predicted molar refractivity (Wildman–Crippen MR) is 61.8 cm³/mol. The number of carbonyl (C=O) groups is 1. The van der Waals surface area contributed by atoms with Crippen molar-refractivity contribution in [3.63, 3.8) is 0 Å². The average molecular weight is 236 g/mol. The minimum absolute atomic E-state index is 0.325. The molecule has 15 heavy (non-hydrogen) atoms. The summed E-state index contributed by atoms with van der Waals surface area (Å²) in [6, 6.07) is 10.9. The molecule has 0 radical (unpaired) electrons. The normalized spacial score (nSPS) is 10.1. The number of carboxylic acids is 1. The maximum atomic E-state index is 10.6. The van der Waals surface area contributed by atoms with E-state index in [1.807, 2.05) is 29.6 Å². The Balaban J connectivity index is 2.14. The molecule has 0 bridgehead atoms. The molecular weight excluding hydrogens is 228 g/mol. The number of benzene rings is 1. The molecule has 0 saturated carbocycles. The number of carboxylic acid groups (broad SMARTS) is 1. The smallest absolute Gasteiger partial charge is 0.335 e. The molecule has 1 aromatic carbocycles. The van der Waals surface area contributed by atoms with Crippen LogP contribution >= 0.6 is 23.1 Å². The van der Waals surface area contributed by atoms with Crippen LogP contribution in [0.15, 0.2) is 50.9 Å². The largest absolute Gasteiger partial charge is 0.478 e. The quantitative estimate of drug-likeness (QED) is 0.884. The Morgan fingerprint density at radius 1 is 1.20 bits per heavy atom. The van der Waals surface area contributed by atoms with Crippen molar-refractivity contribution in [2.24, 2.45) is 0 Å². The molecule has 2 aromatic rings. The second-order valence-electron chi connectivity index (χ2n) is 2.86. The second kappa shape index (κ2) is 4.51. The topological polar surface area (TPSA) is 37.3 Å². The van der Waals surface area contributed by atoms with Gasteiger partial charge >= 0.3 is 5.97 Å². The van der Waals surface area contributed by atoms with Crippen LogP contribution in [0.2, 0.25) is 0 Å². The molecule has 1 heterocycles. The summed E-state index contributed by atoms with van der Waals surface area (Å²) in [5, 5.41) is 10.7. The van der Waals surface area contributed by atoms with E-state index in [2.05, 4.69) is 0 Å². The summed E-state index contributed by atoms with van der Waals surface area (Å²) in [7, 11) is 0. The van der Waals surface area contributed by atoms with Crippen molar-refractivity contribution < 1.29 is 9.90 Å². The zero-order valence-electron chi connectivity index (χ0n) is 7.71. The number of thiophene rings is 1. The fourth-order valence-corrected chi connectivity index (χ4v) is 2.85. The Kier molecular flexibility index (Phi) is 3.08. The van der Waals surface area contributed by atoms with Crippen LogP contribution in [0, 0.1) is 0 Å². The van der Waals surface area contributed by atoms with Crippen molar-refractivity contribution in [2.75, 3.05) is 0 Å². The number of hydrogen-bond acceptors (Lipinski definition) is 3. The first-order chi connectivity index (χ1) is 7.25. The molecule has 2 rings (SSSR count). The van der Waals surface area contributed by atoms with Crippen molar-refractivity contribution in [1.29, 1.82) is 0 Å². The molecule has 2 nitrogen and oxygen atoms in total. The lowest BCUT2D eigenvalue weighted by Crippen LogP contribution is -1.94. The number of hydrogen-bond donors (Lipinski definition) is 1. The number of aromatic carboxylic acids is 1. The maximum absolute atomic E-state index is 10.6.